The molecule has 1 unspecified atom stereocenters. The molecule has 2 heterocycles. The minimum absolute atomic E-state index is 0.0953. The first-order valence-electron chi connectivity index (χ1n) is 4.35. The van der Waals surface area contributed by atoms with Crippen LogP contribution in [0.5, 0.6) is 5.06 Å². The molecule has 0 radical (unpaired) electrons. The van der Waals surface area contributed by atoms with Gasteiger partial charge in [0.25, 0.3) is 0 Å². The van der Waals surface area contributed by atoms with Crippen molar-refractivity contribution >= 4 is 17.3 Å². The first kappa shape index (κ1) is 8.72. The molecule has 13 heavy (non-hydrogen) atoms. The molecular formula is C9H11NO2S. The zero-order chi connectivity index (χ0) is 9.10. The van der Waals surface area contributed by atoms with Gasteiger partial charge in [-0.05, 0) is 36.9 Å². The van der Waals surface area contributed by atoms with Crippen molar-refractivity contribution in [3.8, 4) is 5.06 Å². The average molecular weight is 197 g/mol. The smallest absolute Gasteiger partial charge is 0.329 e. The second-order valence-corrected chi connectivity index (χ2v) is 3.91. The lowest BCUT2D eigenvalue weighted by Gasteiger charge is -2.07. The maximum atomic E-state index is 11.4. The Morgan fingerprint density at radius 2 is 2.62 bits per heavy atom. The fourth-order valence-corrected chi connectivity index (χ4v) is 1.96. The molecule has 1 atom stereocenters. The topological polar surface area (TPSA) is 38.3 Å². The molecule has 0 aliphatic carbocycles. The number of rotatable bonds is 2. The van der Waals surface area contributed by atoms with E-state index in [0.29, 0.717) is 5.06 Å². The van der Waals surface area contributed by atoms with Crippen LogP contribution in [0.4, 0.5) is 0 Å². The van der Waals surface area contributed by atoms with E-state index in [1.165, 1.54) is 11.3 Å². The van der Waals surface area contributed by atoms with Crippen LogP contribution in [0.3, 0.4) is 0 Å². The summed E-state index contributed by atoms with van der Waals surface area (Å²) >= 11 is 1.44. The van der Waals surface area contributed by atoms with Crippen LogP contribution in [0.15, 0.2) is 17.5 Å². The van der Waals surface area contributed by atoms with Gasteiger partial charge in [0, 0.05) is 0 Å². The number of nitrogens with one attached hydrogen (secondary N) is 1. The third kappa shape index (κ3) is 2.08. The molecule has 3 nitrogen and oxygen atoms in total. The van der Waals surface area contributed by atoms with E-state index in [1.54, 1.807) is 6.07 Å². The molecule has 0 spiro atoms. The van der Waals surface area contributed by atoms with E-state index >= 15 is 0 Å². The lowest BCUT2D eigenvalue weighted by atomic mass is 10.2. The summed E-state index contributed by atoms with van der Waals surface area (Å²) in [5, 5.41) is 5.67. The monoisotopic (exact) mass is 197 g/mol. The maximum absolute atomic E-state index is 11.4. The number of esters is 1. The van der Waals surface area contributed by atoms with Gasteiger partial charge in [-0.3, -0.25) is 0 Å². The third-order valence-electron chi connectivity index (χ3n) is 2.04. The third-order valence-corrected chi connectivity index (χ3v) is 2.79. The Hall–Kier alpha value is -0.870. The fraction of sp³-hybridized carbons (Fsp3) is 0.444. The maximum Gasteiger partial charge on any atom is 0.329 e. The van der Waals surface area contributed by atoms with Crippen LogP contribution in [0.25, 0.3) is 0 Å². The second kappa shape index (κ2) is 3.89. The van der Waals surface area contributed by atoms with Crippen molar-refractivity contribution in [1.29, 1.82) is 0 Å². The highest BCUT2D eigenvalue weighted by Crippen LogP contribution is 2.19. The SMILES string of the molecule is O=C(Oc1cccs1)C1CCCN1. The summed E-state index contributed by atoms with van der Waals surface area (Å²) in [5.74, 6) is -0.153. The van der Waals surface area contributed by atoms with Crippen molar-refractivity contribution in [2.45, 2.75) is 18.9 Å². The molecule has 1 fully saturated rings. The van der Waals surface area contributed by atoms with E-state index in [-0.39, 0.29) is 12.0 Å². The molecule has 0 amide bonds. The van der Waals surface area contributed by atoms with E-state index in [4.69, 9.17) is 4.74 Å². The number of thiophene rings is 1. The number of hydrogen-bond acceptors (Lipinski definition) is 4. The van der Waals surface area contributed by atoms with Crippen molar-refractivity contribution in [3.63, 3.8) is 0 Å². The van der Waals surface area contributed by atoms with Crippen LogP contribution in [0.2, 0.25) is 0 Å². The van der Waals surface area contributed by atoms with E-state index < -0.39 is 0 Å². The zero-order valence-electron chi connectivity index (χ0n) is 7.16. The quantitative estimate of drug-likeness (QED) is 0.728. The molecule has 70 valence electrons. The highest BCUT2D eigenvalue weighted by Gasteiger charge is 2.23. The van der Waals surface area contributed by atoms with Crippen molar-refractivity contribution in [2.24, 2.45) is 0 Å². The molecule has 0 saturated carbocycles. The molecule has 0 bridgehead atoms. The van der Waals surface area contributed by atoms with E-state index in [9.17, 15) is 4.79 Å². The molecule has 1 aromatic rings. The Bertz CT molecular complexity index is 278. The molecule has 1 aliphatic rings. The van der Waals surface area contributed by atoms with E-state index in [2.05, 4.69) is 5.32 Å². The van der Waals surface area contributed by atoms with Gasteiger partial charge in [-0.25, -0.2) is 4.79 Å². The summed E-state index contributed by atoms with van der Waals surface area (Å²) in [5.41, 5.74) is 0. The standard InChI is InChI=1S/C9H11NO2S/c11-9(7-3-1-5-10-7)12-8-4-2-6-13-8/h2,4,6-7,10H,1,3,5H2. The molecule has 1 aromatic heterocycles. The molecule has 1 saturated heterocycles. The van der Waals surface area contributed by atoms with Crippen LogP contribution in [0.1, 0.15) is 12.8 Å². The molecule has 1 aliphatic heterocycles. The van der Waals surface area contributed by atoms with Crippen molar-refractivity contribution in [1.82, 2.24) is 5.32 Å². The fourth-order valence-electron chi connectivity index (χ4n) is 1.38. The van der Waals surface area contributed by atoms with Gasteiger partial charge in [0.15, 0.2) is 5.06 Å². The summed E-state index contributed by atoms with van der Waals surface area (Å²) in [6.45, 7) is 0.921. The Morgan fingerprint density at radius 3 is 3.23 bits per heavy atom. The van der Waals surface area contributed by atoms with Gasteiger partial charge < -0.3 is 10.1 Å². The Kier molecular flexibility index (Phi) is 2.61. The number of hydrogen-bond donors (Lipinski definition) is 1. The molecule has 0 aromatic carbocycles. The van der Waals surface area contributed by atoms with Crippen molar-refractivity contribution < 1.29 is 9.53 Å². The minimum Gasteiger partial charge on any atom is -0.414 e. The summed E-state index contributed by atoms with van der Waals surface area (Å²) in [7, 11) is 0. The largest absolute Gasteiger partial charge is 0.414 e. The van der Waals surface area contributed by atoms with Crippen LogP contribution in [-0.4, -0.2) is 18.6 Å². The highest BCUT2D eigenvalue weighted by molar-refractivity contribution is 7.11. The van der Waals surface area contributed by atoms with Crippen LogP contribution >= 0.6 is 11.3 Å². The second-order valence-electron chi connectivity index (χ2n) is 3.00. The van der Waals surface area contributed by atoms with Gasteiger partial charge in [0.2, 0.25) is 0 Å². The van der Waals surface area contributed by atoms with Gasteiger partial charge in [-0.15, -0.1) is 11.3 Å². The van der Waals surface area contributed by atoms with Crippen LogP contribution in [0, 0.1) is 0 Å². The number of ether oxygens (including phenoxy) is 1. The first-order chi connectivity index (χ1) is 6.36. The van der Waals surface area contributed by atoms with Gasteiger partial charge in [-0.1, -0.05) is 0 Å². The summed E-state index contributed by atoms with van der Waals surface area (Å²) in [6, 6.07) is 3.58. The Morgan fingerprint density at radius 1 is 1.69 bits per heavy atom. The van der Waals surface area contributed by atoms with Gasteiger partial charge in [0.05, 0.1) is 0 Å². The number of carbonyl (C=O) groups excluding carboxylic acids is 1. The lowest BCUT2D eigenvalue weighted by molar-refractivity contribution is -0.136. The van der Waals surface area contributed by atoms with Gasteiger partial charge in [0.1, 0.15) is 6.04 Å². The molecular weight excluding hydrogens is 186 g/mol. The zero-order valence-corrected chi connectivity index (χ0v) is 7.97. The molecule has 1 N–H and O–H groups in total. The summed E-state index contributed by atoms with van der Waals surface area (Å²) in [4.78, 5) is 11.4. The van der Waals surface area contributed by atoms with Crippen LogP contribution < -0.4 is 10.1 Å². The molecule has 4 heteroatoms. The van der Waals surface area contributed by atoms with E-state index in [1.807, 2.05) is 11.4 Å². The normalized spacial score (nSPS) is 21.7. The summed E-state index contributed by atoms with van der Waals surface area (Å²) in [6.07, 6.45) is 1.95. The Labute approximate surface area is 80.7 Å². The lowest BCUT2D eigenvalue weighted by Crippen LogP contribution is -2.33. The van der Waals surface area contributed by atoms with E-state index in [0.717, 1.165) is 19.4 Å². The summed E-state index contributed by atoms with van der Waals surface area (Å²) < 4.78 is 5.16. The van der Waals surface area contributed by atoms with Gasteiger partial charge in [-0.2, -0.15) is 0 Å². The van der Waals surface area contributed by atoms with Crippen molar-refractivity contribution in [2.75, 3.05) is 6.54 Å². The minimum atomic E-state index is -0.153. The highest BCUT2D eigenvalue weighted by atomic mass is 32.1. The Balaban J connectivity index is 1.91. The predicted molar refractivity (Wildman–Crippen MR) is 51.0 cm³/mol. The number of carbonyl (C=O) groups is 1. The van der Waals surface area contributed by atoms with Crippen molar-refractivity contribution in [3.05, 3.63) is 17.5 Å². The van der Waals surface area contributed by atoms with Crippen LogP contribution in [-0.2, 0) is 4.79 Å². The first-order valence-corrected chi connectivity index (χ1v) is 5.23. The van der Waals surface area contributed by atoms with Gasteiger partial charge >= 0.3 is 5.97 Å². The average Bonchev–Trinajstić information content (AvgIpc) is 2.74. The molecule has 2 rings (SSSR count). The predicted octanol–water partition coefficient (Wildman–Crippen LogP) is 1.41.